The molecule has 13 heteroatoms. The van der Waals surface area contributed by atoms with Crippen LogP contribution in [0.2, 0.25) is 0 Å². The van der Waals surface area contributed by atoms with Crippen LogP contribution >= 0.6 is 0 Å². The van der Waals surface area contributed by atoms with Gasteiger partial charge in [-0.05, 0) is 96.0 Å². The number of imide groups is 2. The van der Waals surface area contributed by atoms with Crippen LogP contribution in [0.4, 0.5) is 11.4 Å². The van der Waals surface area contributed by atoms with Crippen LogP contribution in [0.3, 0.4) is 0 Å². The van der Waals surface area contributed by atoms with Gasteiger partial charge in [-0.2, -0.15) is 0 Å². The summed E-state index contributed by atoms with van der Waals surface area (Å²) in [5.74, 6) is -1.94. The number of hydrogen-bond donors (Lipinski definition) is 3. The number of piperidine rings is 1. The lowest BCUT2D eigenvalue weighted by molar-refractivity contribution is -0.136. The molecule has 3 N–H and O–H groups in total. The third kappa shape index (κ3) is 8.60. The van der Waals surface area contributed by atoms with Crippen LogP contribution < -0.4 is 20.6 Å². The lowest BCUT2D eigenvalue weighted by Crippen LogP contribution is -2.54. The number of carbonyl (C=O) groups is 4. The van der Waals surface area contributed by atoms with Gasteiger partial charge in [-0.1, -0.05) is 73.7 Å². The topological polar surface area (TPSA) is 137 Å². The second-order valence-corrected chi connectivity index (χ2v) is 15.8. The molecule has 4 aromatic rings. The Morgan fingerprint density at radius 3 is 1.80 bits per heavy atom. The van der Waals surface area contributed by atoms with Gasteiger partial charge in [-0.15, -0.1) is 0 Å². The number of allylic oxidation sites excluding steroid dienone is 1. The van der Waals surface area contributed by atoms with Crippen molar-refractivity contribution in [1.82, 2.24) is 20.0 Å². The Morgan fingerprint density at radius 2 is 1.22 bits per heavy atom. The van der Waals surface area contributed by atoms with Gasteiger partial charge in [0.15, 0.2) is 0 Å². The molecule has 3 saturated heterocycles. The Kier molecular flexibility index (Phi) is 12.1. The zero-order valence-electron chi connectivity index (χ0n) is 33.6. The minimum absolute atomic E-state index is 0.0981. The number of anilines is 2. The average Bonchev–Trinajstić information content (AvgIpc) is 3.51. The molecule has 8 rings (SSSR count). The lowest BCUT2D eigenvalue weighted by Gasteiger charge is -2.38. The average molecular weight is 795 g/mol. The maximum Gasteiger partial charge on any atom is 0.488 e. The summed E-state index contributed by atoms with van der Waals surface area (Å²) in [6, 6.07) is 31.2. The summed E-state index contributed by atoms with van der Waals surface area (Å²) in [5, 5.41) is 21.6. The summed E-state index contributed by atoms with van der Waals surface area (Å²) in [5.41, 5.74) is 8.93. The molecule has 1 unspecified atom stereocenters. The fourth-order valence-electron chi connectivity index (χ4n) is 8.97. The van der Waals surface area contributed by atoms with Crippen molar-refractivity contribution in [2.75, 3.05) is 75.2 Å². The fraction of sp³-hybridized carbons (Fsp3) is 0.348. The van der Waals surface area contributed by atoms with E-state index in [1.165, 1.54) is 16.8 Å². The van der Waals surface area contributed by atoms with Crippen LogP contribution in [0.25, 0.3) is 11.1 Å². The summed E-state index contributed by atoms with van der Waals surface area (Å²) in [6.07, 6.45) is 2.18. The zero-order chi connectivity index (χ0) is 41.0. The molecule has 0 aromatic heterocycles. The van der Waals surface area contributed by atoms with Gasteiger partial charge in [0.1, 0.15) is 6.04 Å². The van der Waals surface area contributed by atoms with Gasteiger partial charge in [0.2, 0.25) is 11.8 Å². The maximum absolute atomic E-state index is 13.3. The van der Waals surface area contributed by atoms with Crippen molar-refractivity contribution in [2.45, 2.75) is 38.6 Å². The van der Waals surface area contributed by atoms with Crippen molar-refractivity contribution in [3.63, 3.8) is 0 Å². The molecule has 1 atom stereocenters. The molecule has 0 radical (unpaired) electrons. The van der Waals surface area contributed by atoms with Crippen LogP contribution in [-0.2, 0) is 9.59 Å². The molecular weight excluding hydrogens is 743 g/mol. The molecule has 0 aliphatic carbocycles. The van der Waals surface area contributed by atoms with Gasteiger partial charge in [0.05, 0.1) is 11.1 Å². The quantitative estimate of drug-likeness (QED) is 0.111. The van der Waals surface area contributed by atoms with Gasteiger partial charge in [-0.25, -0.2) is 0 Å². The van der Waals surface area contributed by atoms with Crippen molar-refractivity contribution >= 4 is 58.7 Å². The standard InChI is InChI=1S/C46H51BN6O6/c1-2-38(32-7-4-3-5-8-32)43(33-9-13-35(14-10-33)47(58)59)34-11-15-36(16-12-34)51-27-23-49(24-28-51)21-6-22-50-25-29-52(30-26-50)37-17-18-39-40(31-37)46(57)53(45(39)56)41-19-20-42(54)48-44(41)55/h3-5,7-18,31,41,58-59H,2,6,19-30H2,1H3,(H,48,54,55)/b43-38-. The van der Waals surface area contributed by atoms with Gasteiger partial charge < -0.3 is 19.8 Å². The van der Waals surface area contributed by atoms with Gasteiger partial charge in [0.25, 0.3) is 11.8 Å². The Balaban J connectivity index is 0.815. The molecular formula is C46H51BN6O6. The van der Waals surface area contributed by atoms with Crippen LogP contribution in [-0.4, -0.2) is 127 Å². The van der Waals surface area contributed by atoms with Crippen molar-refractivity contribution in [2.24, 2.45) is 0 Å². The Labute approximate surface area is 345 Å². The second-order valence-electron chi connectivity index (χ2n) is 15.8. The third-order valence-electron chi connectivity index (χ3n) is 12.3. The first kappa shape index (κ1) is 40.2. The fourth-order valence-corrected chi connectivity index (χ4v) is 8.97. The molecule has 4 aromatic carbocycles. The predicted molar refractivity (Wildman–Crippen MR) is 230 cm³/mol. The van der Waals surface area contributed by atoms with Crippen molar-refractivity contribution in [3.8, 4) is 0 Å². The number of fused-ring (bicyclic) bond motifs is 1. The molecule has 0 saturated carbocycles. The highest BCUT2D eigenvalue weighted by Crippen LogP contribution is 2.35. The normalized spacial score (nSPS) is 19.5. The summed E-state index contributed by atoms with van der Waals surface area (Å²) in [7, 11) is -1.50. The monoisotopic (exact) mass is 794 g/mol. The first-order valence-electron chi connectivity index (χ1n) is 20.8. The number of amides is 4. The Morgan fingerprint density at radius 1 is 0.661 bits per heavy atom. The van der Waals surface area contributed by atoms with E-state index < -0.39 is 30.9 Å². The highest BCUT2D eigenvalue weighted by atomic mass is 16.4. The van der Waals surface area contributed by atoms with E-state index in [-0.39, 0.29) is 18.7 Å². The minimum atomic E-state index is -1.50. The molecule has 0 bridgehead atoms. The molecule has 4 amide bonds. The first-order chi connectivity index (χ1) is 28.7. The number of piperazine rings is 2. The van der Waals surface area contributed by atoms with E-state index in [0.717, 1.165) is 106 Å². The summed E-state index contributed by atoms with van der Waals surface area (Å²) < 4.78 is 0. The Bertz CT molecular complexity index is 2210. The number of benzene rings is 4. The number of rotatable bonds is 12. The number of hydrogen-bond acceptors (Lipinski definition) is 10. The van der Waals surface area contributed by atoms with Crippen LogP contribution in [0.15, 0.2) is 97.1 Å². The van der Waals surface area contributed by atoms with Crippen molar-refractivity contribution in [1.29, 1.82) is 0 Å². The lowest BCUT2D eigenvalue weighted by atomic mass is 9.79. The SMILES string of the molecule is CC/C(=C(\c1ccc(B(O)O)cc1)c1ccc(N2CCN(CCCN3CCN(c4ccc5c(c4)C(=O)N(C4CCC(=O)NC4=O)C5=O)CC3)CC2)cc1)c1ccccc1. The van der Waals surface area contributed by atoms with E-state index in [2.05, 4.69) is 80.4 Å². The van der Waals surface area contributed by atoms with E-state index in [9.17, 15) is 29.2 Å². The van der Waals surface area contributed by atoms with Crippen molar-refractivity contribution in [3.05, 3.63) is 125 Å². The molecule has 4 aliphatic rings. The minimum Gasteiger partial charge on any atom is -0.423 e. The van der Waals surface area contributed by atoms with Crippen molar-refractivity contribution < 1.29 is 29.2 Å². The molecule has 304 valence electrons. The first-order valence-corrected chi connectivity index (χ1v) is 20.8. The zero-order valence-corrected chi connectivity index (χ0v) is 33.6. The Hall–Kier alpha value is -5.60. The molecule has 0 spiro atoms. The molecule has 4 aliphatic heterocycles. The molecule has 59 heavy (non-hydrogen) atoms. The van der Waals surface area contributed by atoms with Gasteiger partial charge in [-0.3, -0.25) is 39.2 Å². The highest BCUT2D eigenvalue weighted by molar-refractivity contribution is 6.58. The summed E-state index contributed by atoms with van der Waals surface area (Å²) in [6.45, 7) is 11.7. The number of nitrogens with zero attached hydrogens (tertiary/aromatic N) is 5. The molecule has 3 fully saturated rings. The van der Waals surface area contributed by atoms with Crippen LogP contribution in [0.5, 0.6) is 0 Å². The molecule has 12 nitrogen and oxygen atoms in total. The smallest absolute Gasteiger partial charge is 0.423 e. The van der Waals surface area contributed by atoms with E-state index in [4.69, 9.17) is 0 Å². The van der Waals surface area contributed by atoms with E-state index >= 15 is 0 Å². The van der Waals surface area contributed by atoms with Gasteiger partial charge >= 0.3 is 7.12 Å². The third-order valence-corrected chi connectivity index (χ3v) is 12.3. The summed E-state index contributed by atoms with van der Waals surface area (Å²) in [4.78, 5) is 61.3. The highest BCUT2D eigenvalue weighted by Gasteiger charge is 2.44. The molecule has 4 heterocycles. The van der Waals surface area contributed by atoms with Crippen LogP contribution in [0, 0.1) is 0 Å². The largest absolute Gasteiger partial charge is 0.488 e. The van der Waals surface area contributed by atoms with Crippen LogP contribution in [0.1, 0.15) is 70.0 Å². The maximum atomic E-state index is 13.3. The van der Waals surface area contributed by atoms with Gasteiger partial charge in [0, 0.05) is 70.2 Å². The van der Waals surface area contributed by atoms with E-state index in [1.807, 2.05) is 24.3 Å². The number of nitrogens with one attached hydrogen (secondary N) is 1. The van der Waals surface area contributed by atoms with E-state index in [1.54, 1.807) is 24.3 Å². The van der Waals surface area contributed by atoms with E-state index in [0.29, 0.717) is 16.6 Å². The number of carbonyl (C=O) groups excluding carboxylic acids is 4. The second kappa shape index (κ2) is 17.7. The predicted octanol–water partition coefficient (Wildman–Crippen LogP) is 3.47. The summed E-state index contributed by atoms with van der Waals surface area (Å²) >= 11 is 0.